The van der Waals surface area contributed by atoms with Gasteiger partial charge < -0.3 is 0 Å². The molecule has 0 aliphatic heterocycles. The second-order valence-electron chi connectivity index (χ2n) is 5.61. The van der Waals surface area contributed by atoms with Gasteiger partial charge in [0, 0.05) is 0 Å². The highest BCUT2D eigenvalue weighted by Gasteiger charge is 2.23. The molecule has 0 saturated heterocycles. The zero-order chi connectivity index (χ0) is 14.6. The van der Waals surface area contributed by atoms with Crippen LogP contribution in [0.2, 0.25) is 0 Å². The van der Waals surface area contributed by atoms with E-state index < -0.39 is 0 Å². The van der Waals surface area contributed by atoms with Crippen LogP contribution < -0.4 is 5.32 Å². The van der Waals surface area contributed by atoms with Gasteiger partial charge in [0.1, 0.15) is 0 Å². The summed E-state index contributed by atoms with van der Waals surface area (Å²) >= 11 is 0. The molecule has 1 heteroatoms. The van der Waals surface area contributed by atoms with Crippen molar-refractivity contribution in [2.75, 3.05) is 0 Å². The van der Waals surface area contributed by atoms with Gasteiger partial charge in [0.25, 0.3) is 0 Å². The summed E-state index contributed by atoms with van der Waals surface area (Å²) in [5.41, 5.74) is 3.40. The van der Waals surface area contributed by atoms with E-state index in [1.807, 2.05) is 19.9 Å². The van der Waals surface area contributed by atoms with Crippen LogP contribution in [0, 0.1) is 19.3 Å². The highest BCUT2D eigenvalue weighted by atomic mass is 15.0. The maximum Gasteiger partial charge on any atom is 0.0748 e. The van der Waals surface area contributed by atoms with E-state index in [9.17, 15) is 0 Å². The smallest absolute Gasteiger partial charge is 0.0748 e. The standard InChI is InChI=1S/C19H21N/c1-5-19(3,4)20-18(16-12-7-6-8-13-16)17-14-10-9-11-15(17)2/h1,6-14,18,20H,2-4H3. The molecule has 0 fully saturated rings. The van der Waals surface area contributed by atoms with Gasteiger partial charge >= 0.3 is 0 Å². The Kier molecular flexibility index (Phi) is 4.27. The first kappa shape index (κ1) is 14.4. The van der Waals surface area contributed by atoms with Crippen LogP contribution in [-0.4, -0.2) is 5.54 Å². The number of benzene rings is 2. The number of hydrogen-bond acceptors (Lipinski definition) is 1. The van der Waals surface area contributed by atoms with E-state index >= 15 is 0 Å². The van der Waals surface area contributed by atoms with Gasteiger partial charge in [0.15, 0.2) is 0 Å². The van der Waals surface area contributed by atoms with Crippen LogP contribution in [0.3, 0.4) is 0 Å². The van der Waals surface area contributed by atoms with Crippen LogP contribution >= 0.6 is 0 Å². The summed E-state index contributed by atoms with van der Waals surface area (Å²) in [4.78, 5) is 0. The molecule has 1 N–H and O–H groups in total. The Morgan fingerprint density at radius 3 is 2.20 bits per heavy atom. The molecule has 0 heterocycles. The van der Waals surface area contributed by atoms with E-state index in [2.05, 4.69) is 66.7 Å². The Morgan fingerprint density at radius 1 is 1.00 bits per heavy atom. The fourth-order valence-electron chi connectivity index (χ4n) is 2.30. The van der Waals surface area contributed by atoms with Gasteiger partial charge in [-0.05, 0) is 37.5 Å². The second kappa shape index (κ2) is 5.94. The third kappa shape index (κ3) is 3.29. The SMILES string of the molecule is C#CC(C)(C)NC(c1ccccc1)c1ccccc1C. The van der Waals surface area contributed by atoms with Gasteiger partial charge in [-0.25, -0.2) is 0 Å². The molecule has 1 unspecified atom stereocenters. The predicted octanol–water partition coefficient (Wildman–Crippen LogP) is 4.09. The van der Waals surface area contributed by atoms with Crippen molar-refractivity contribution < 1.29 is 0 Å². The highest BCUT2D eigenvalue weighted by molar-refractivity contribution is 5.37. The van der Waals surface area contributed by atoms with Crippen LogP contribution in [-0.2, 0) is 0 Å². The lowest BCUT2D eigenvalue weighted by Crippen LogP contribution is -2.41. The Bertz CT molecular complexity index is 605. The minimum atomic E-state index is -0.358. The predicted molar refractivity (Wildman–Crippen MR) is 85.5 cm³/mol. The normalized spacial score (nSPS) is 12.7. The summed E-state index contributed by atoms with van der Waals surface area (Å²) in [6, 6.07) is 19.0. The third-order valence-corrected chi connectivity index (χ3v) is 3.50. The molecule has 20 heavy (non-hydrogen) atoms. The highest BCUT2D eigenvalue weighted by Crippen LogP contribution is 2.26. The molecule has 0 aliphatic carbocycles. The van der Waals surface area contributed by atoms with Gasteiger partial charge in [-0.2, -0.15) is 0 Å². The first-order valence-corrected chi connectivity index (χ1v) is 6.89. The molecule has 0 saturated carbocycles. The molecular weight excluding hydrogens is 242 g/mol. The summed E-state index contributed by atoms with van der Waals surface area (Å²) in [5, 5.41) is 3.58. The lowest BCUT2D eigenvalue weighted by molar-refractivity contribution is 0.447. The molecule has 0 radical (unpaired) electrons. The van der Waals surface area contributed by atoms with Gasteiger partial charge in [-0.15, -0.1) is 6.42 Å². The first-order valence-electron chi connectivity index (χ1n) is 6.89. The molecule has 102 valence electrons. The molecule has 1 nitrogen and oxygen atoms in total. The molecule has 0 aliphatic rings. The van der Waals surface area contributed by atoms with Gasteiger partial charge in [0.2, 0.25) is 0 Å². The Labute approximate surface area is 122 Å². The molecular formula is C19H21N. The van der Waals surface area contributed by atoms with E-state index in [1.165, 1.54) is 16.7 Å². The molecule has 0 amide bonds. The van der Waals surface area contributed by atoms with E-state index in [0.29, 0.717) is 0 Å². The molecule has 1 atom stereocenters. The Hall–Kier alpha value is -2.04. The van der Waals surface area contributed by atoms with Crippen molar-refractivity contribution in [1.82, 2.24) is 5.32 Å². The number of aryl methyl sites for hydroxylation is 1. The maximum absolute atomic E-state index is 5.64. The van der Waals surface area contributed by atoms with E-state index in [4.69, 9.17) is 6.42 Å². The van der Waals surface area contributed by atoms with Crippen LogP contribution in [0.4, 0.5) is 0 Å². The van der Waals surface area contributed by atoms with Gasteiger partial charge in [0.05, 0.1) is 11.6 Å². The lowest BCUT2D eigenvalue weighted by Gasteiger charge is -2.29. The second-order valence-corrected chi connectivity index (χ2v) is 5.61. The molecule has 0 bridgehead atoms. The van der Waals surface area contributed by atoms with Crippen molar-refractivity contribution in [1.29, 1.82) is 0 Å². The Morgan fingerprint density at radius 2 is 1.60 bits per heavy atom. The third-order valence-electron chi connectivity index (χ3n) is 3.50. The fraction of sp³-hybridized carbons (Fsp3) is 0.263. The first-order chi connectivity index (χ1) is 9.53. The summed E-state index contributed by atoms with van der Waals surface area (Å²) in [6.07, 6.45) is 5.64. The molecule has 0 aromatic heterocycles. The van der Waals surface area contributed by atoms with Crippen LogP contribution in [0.15, 0.2) is 54.6 Å². The largest absolute Gasteiger partial charge is 0.291 e. The minimum Gasteiger partial charge on any atom is -0.291 e. The van der Waals surface area contributed by atoms with Crippen LogP contribution in [0.5, 0.6) is 0 Å². The lowest BCUT2D eigenvalue weighted by atomic mass is 9.92. The summed E-state index contributed by atoms with van der Waals surface area (Å²) in [5.74, 6) is 2.82. The average molecular weight is 263 g/mol. The molecule has 0 spiro atoms. The molecule has 2 aromatic carbocycles. The summed E-state index contributed by atoms with van der Waals surface area (Å²) in [6.45, 7) is 6.19. The van der Waals surface area contributed by atoms with Crippen molar-refractivity contribution in [2.24, 2.45) is 0 Å². The number of terminal acetylenes is 1. The number of hydrogen-bond donors (Lipinski definition) is 1. The molecule has 2 aromatic rings. The van der Waals surface area contributed by atoms with Crippen LogP contribution in [0.25, 0.3) is 0 Å². The van der Waals surface area contributed by atoms with Gasteiger partial charge in [-0.1, -0.05) is 60.5 Å². The minimum absolute atomic E-state index is 0.100. The Balaban J connectivity index is 2.46. The van der Waals surface area contributed by atoms with E-state index in [-0.39, 0.29) is 11.6 Å². The molecule has 2 rings (SSSR count). The maximum atomic E-state index is 5.64. The van der Waals surface area contributed by atoms with Crippen molar-refractivity contribution in [3.8, 4) is 12.3 Å². The van der Waals surface area contributed by atoms with Crippen molar-refractivity contribution in [2.45, 2.75) is 32.4 Å². The van der Waals surface area contributed by atoms with Crippen molar-refractivity contribution >= 4 is 0 Å². The van der Waals surface area contributed by atoms with Crippen LogP contribution in [0.1, 0.15) is 36.6 Å². The number of rotatable bonds is 4. The fourth-order valence-corrected chi connectivity index (χ4v) is 2.30. The topological polar surface area (TPSA) is 12.0 Å². The van der Waals surface area contributed by atoms with E-state index in [1.54, 1.807) is 0 Å². The van der Waals surface area contributed by atoms with E-state index in [0.717, 1.165) is 0 Å². The summed E-state index contributed by atoms with van der Waals surface area (Å²) in [7, 11) is 0. The van der Waals surface area contributed by atoms with Gasteiger partial charge in [-0.3, -0.25) is 5.32 Å². The van der Waals surface area contributed by atoms with Crippen molar-refractivity contribution in [3.05, 3.63) is 71.3 Å². The zero-order valence-electron chi connectivity index (χ0n) is 12.4. The monoisotopic (exact) mass is 263 g/mol. The quantitative estimate of drug-likeness (QED) is 0.819. The number of nitrogens with one attached hydrogen (secondary N) is 1. The zero-order valence-corrected chi connectivity index (χ0v) is 12.4. The van der Waals surface area contributed by atoms with Crippen molar-refractivity contribution in [3.63, 3.8) is 0 Å². The average Bonchev–Trinajstić information content (AvgIpc) is 2.47. The summed E-state index contributed by atoms with van der Waals surface area (Å²) < 4.78 is 0.